The second-order valence-corrected chi connectivity index (χ2v) is 5.30. The van der Waals surface area contributed by atoms with Gasteiger partial charge in [0.25, 0.3) is 0 Å². The number of methoxy groups -OCH3 is 1. The molecule has 3 heterocycles. The molecule has 0 radical (unpaired) electrons. The van der Waals surface area contributed by atoms with Crippen molar-refractivity contribution in [2.45, 2.75) is 6.92 Å². The van der Waals surface area contributed by atoms with Gasteiger partial charge >= 0.3 is 5.56 Å². The largest absolute Gasteiger partial charge is 0.490 e. The normalized spacial score (nSPS) is 11.3. The van der Waals surface area contributed by atoms with E-state index in [1.54, 1.807) is 12.3 Å². The molecule has 3 aromatic rings. The van der Waals surface area contributed by atoms with Gasteiger partial charge in [0.1, 0.15) is 5.69 Å². The van der Waals surface area contributed by atoms with E-state index in [1.165, 1.54) is 22.8 Å². The third-order valence-electron chi connectivity index (χ3n) is 2.98. The molecule has 6 heteroatoms. The molecule has 0 bridgehead atoms. The molecule has 3 rings (SSSR count). The first kappa shape index (κ1) is 13.5. The van der Waals surface area contributed by atoms with Crippen LogP contribution in [0.3, 0.4) is 0 Å². The monoisotopic (exact) mass is 299 g/mol. The van der Waals surface area contributed by atoms with Gasteiger partial charge in [-0.1, -0.05) is 6.07 Å². The van der Waals surface area contributed by atoms with Crippen molar-refractivity contribution < 1.29 is 4.74 Å². The first-order valence-electron chi connectivity index (χ1n) is 6.34. The number of rotatable bonds is 3. The number of aromatic nitrogens is 3. The third kappa shape index (κ3) is 2.57. The zero-order chi connectivity index (χ0) is 14.8. The highest BCUT2D eigenvalue weighted by molar-refractivity contribution is 7.15. The Hall–Kier alpha value is -2.47. The van der Waals surface area contributed by atoms with Gasteiger partial charge in [-0.15, -0.1) is 11.3 Å². The summed E-state index contributed by atoms with van der Waals surface area (Å²) in [5.74, 6) is 0.231. The van der Waals surface area contributed by atoms with Crippen molar-refractivity contribution in [1.82, 2.24) is 14.4 Å². The predicted octanol–water partition coefficient (Wildman–Crippen LogP) is 2.64. The average molecular weight is 299 g/mol. The minimum Gasteiger partial charge on any atom is -0.490 e. The molecule has 106 valence electrons. The molecule has 0 aromatic carbocycles. The molecule has 0 aliphatic carbocycles. The topological polar surface area (TPSA) is 56.5 Å². The molecular formula is C15H13N3O2S. The van der Waals surface area contributed by atoms with Crippen LogP contribution in [0.1, 0.15) is 17.1 Å². The van der Waals surface area contributed by atoms with Crippen LogP contribution in [0.25, 0.3) is 17.1 Å². The van der Waals surface area contributed by atoms with Gasteiger partial charge in [0, 0.05) is 17.3 Å². The maximum Gasteiger partial charge on any atom is 0.301 e. The summed E-state index contributed by atoms with van der Waals surface area (Å²) in [6.45, 7) is 1.93. The van der Waals surface area contributed by atoms with E-state index in [2.05, 4.69) is 9.97 Å². The lowest BCUT2D eigenvalue weighted by atomic mass is 10.2. The molecule has 0 N–H and O–H groups in total. The predicted molar refractivity (Wildman–Crippen MR) is 83.8 cm³/mol. The van der Waals surface area contributed by atoms with E-state index in [4.69, 9.17) is 4.74 Å². The fourth-order valence-corrected chi connectivity index (χ4v) is 2.72. The standard InChI is InChI=1S/C15H13N3O2S/c1-10-4-3-5-11(16-10)6-7-12-13(20-2)14(19)18-8-9-21-15(18)17-12/h3-9H,1-2H3/b7-6+. The highest BCUT2D eigenvalue weighted by Gasteiger charge is 2.11. The molecule has 3 aromatic heterocycles. The van der Waals surface area contributed by atoms with Crippen LogP contribution in [-0.2, 0) is 0 Å². The van der Waals surface area contributed by atoms with E-state index in [0.717, 1.165) is 11.4 Å². The maximum absolute atomic E-state index is 12.3. The van der Waals surface area contributed by atoms with Crippen LogP contribution < -0.4 is 10.3 Å². The average Bonchev–Trinajstić information content (AvgIpc) is 2.94. The number of hydrogen-bond acceptors (Lipinski definition) is 5. The van der Waals surface area contributed by atoms with Crippen LogP contribution in [-0.4, -0.2) is 21.5 Å². The Morgan fingerprint density at radius 1 is 1.29 bits per heavy atom. The quantitative estimate of drug-likeness (QED) is 0.746. The molecule has 0 saturated heterocycles. The molecule has 0 fully saturated rings. The number of thiazole rings is 1. The first-order valence-corrected chi connectivity index (χ1v) is 7.22. The van der Waals surface area contributed by atoms with Crippen LogP contribution in [0, 0.1) is 6.92 Å². The van der Waals surface area contributed by atoms with Crippen molar-refractivity contribution >= 4 is 28.4 Å². The number of ether oxygens (including phenoxy) is 1. The van der Waals surface area contributed by atoms with Gasteiger partial charge in [-0.3, -0.25) is 14.2 Å². The summed E-state index contributed by atoms with van der Waals surface area (Å²) in [6, 6.07) is 5.76. The number of fused-ring (bicyclic) bond motifs is 1. The van der Waals surface area contributed by atoms with Gasteiger partial charge in [0.2, 0.25) is 5.75 Å². The molecule has 0 amide bonds. The molecule has 0 aliphatic heterocycles. The van der Waals surface area contributed by atoms with Gasteiger partial charge in [0.05, 0.1) is 12.8 Å². The minimum absolute atomic E-state index is 0.208. The van der Waals surface area contributed by atoms with Crippen LogP contribution in [0.2, 0.25) is 0 Å². The van der Waals surface area contributed by atoms with Crippen molar-refractivity contribution in [3.8, 4) is 5.75 Å². The van der Waals surface area contributed by atoms with Crippen molar-refractivity contribution in [3.05, 3.63) is 57.2 Å². The summed E-state index contributed by atoms with van der Waals surface area (Å²) in [7, 11) is 1.47. The maximum atomic E-state index is 12.3. The van der Waals surface area contributed by atoms with Crippen molar-refractivity contribution in [2.24, 2.45) is 0 Å². The van der Waals surface area contributed by atoms with Gasteiger partial charge < -0.3 is 4.74 Å². The lowest BCUT2D eigenvalue weighted by Gasteiger charge is -2.03. The molecule has 0 aliphatic rings. The Balaban J connectivity index is 2.09. The second kappa shape index (κ2) is 5.49. The van der Waals surface area contributed by atoms with Crippen molar-refractivity contribution in [1.29, 1.82) is 0 Å². The van der Waals surface area contributed by atoms with Crippen molar-refractivity contribution in [2.75, 3.05) is 7.11 Å². The third-order valence-corrected chi connectivity index (χ3v) is 3.73. The molecule has 0 unspecified atom stereocenters. The zero-order valence-corrected chi connectivity index (χ0v) is 12.4. The number of aryl methyl sites for hydroxylation is 1. The van der Waals surface area contributed by atoms with Crippen molar-refractivity contribution in [3.63, 3.8) is 0 Å². The summed E-state index contributed by atoms with van der Waals surface area (Å²) in [6.07, 6.45) is 5.26. The Morgan fingerprint density at radius 2 is 2.14 bits per heavy atom. The van der Waals surface area contributed by atoms with E-state index >= 15 is 0 Å². The van der Waals surface area contributed by atoms with Crippen LogP contribution >= 0.6 is 11.3 Å². The molecule has 21 heavy (non-hydrogen) atoms. The Bertz CT molecular complexity index is 880. The van der Waals surface area contributed by atoms with Crippen LogP contribution in [0.15, 0.2) is 34.6 Å². The van der Waals surface area contributed by atoms with E-state index in [9.17, 15) is 4.79 Å². The number of hydrogen-bond donors (Lipinski definition) is 0. The zero-order valence-electron chi connectivity index (χ0n) is 11.6. The fraction of sp³-hybridized carbons (Fsp3) is 0.133. The van der Waals surface area contributed by atoms with Gasteiger partial charge in [-0.25, -0.2) is 4.98 Å². The second-order valence-electron chi connectivity index (χ2n) is 4.43. The minimum atomic E-state index is -0.208. The van der Waals surface area contributed by atoms with E-state index in [1.807, 2.05) is 36.6 Å². The highest BCUT2D eigenvalue weighted by Crippen LogP contribution is 2.17. The Labute approximate surface area is 125 Å². The van der Waals surface area contributed by atoms with Gasteiger partial charge in [0.15, 0.2) is 4.96 Å². The summed E-state index contributed by atoms with van der Waals surface area (Å²) in [5, 5.41) is 1.82. The SMILES string of the molecule is COc1c(/C=C/c2cccc(C)n2)nc2sccn2c1=O. The molecule has 0 saturated carbocycles. The van der Waals surface area contributed by atoms with Crippen LogP contribution in [0.4, 0.5) is 0 Å². The van der Waals surface area contributed by atoms with E-state index in [-0.39, 0.29) is 11.3 Å². The molecule has 0 spiro atoms. The summed E-state index contributed by atoms with van der Waals surface area (Å²) < 4.78 is 6.68. The lowest BCUT2D eigenvalue weighted by molar-refractivity contribution is 0.404. The Kier molecular flexibility index (Phi) is 3.53. The molecule has 5 nitrogen and oxygen atoms in total. The number of pyridine rings is 1. The van der Waals surface area contributed by atoms with E-state index in [0.29, 0.717) is 10.7 Å². The Morgan fingerprint density at radius 3 is 2.90 bits per heavy atom. The smallest absolute Gasteiger partial charge is 0.301 e. The highest BCUT2D eigenvalue weighted by atomic mass is 32.1. The van der Waals surface area contributed by atoms with Gasteiger partial charge in [-0.2, -0.15) is 0 Å². The van der Waals surface area contributed by atoms with Gasteiger partial charge in [-0.05, 0) is 31.2 Å². The molecule has 0 atom stereocenters. The number of nitrogens with zero attached hydrogens (tertiary/aromatic N) is 3. The van der Waals surface area contributed by atoms with Crippen LogP contribution in [0.5, 0.6) is 5.75 Å². The lowest BCUT2D eigenvalue weighted by Crippen LogP contribution is -2.16. The summed E-state index contributed by atoms with van der Waals surface area (Å²) >= 11 is 1.41. The fourth-order valence-electron chi connectivity index (χ4n) is 2.01. The summed E-state index contributed by atoms with van der Waals surface area (Å²) in [5.41, 5.74) is 2.05. The first-order chi connectivity index (χ1) is 10.2. The van der Waals surface area contributed by atoms with E-state index < -0.39 is 0 Å². The summed E-state index contributed by atoms with van der Waals surface area (Å²) in [4.78, 5) is 21.7. The molecular weight excluding hydrogens is 286 g/mol.